The van der Waals surface area contributed by atoms with Gasteiger partial charge in [-0.25, -0.2) is 0 Å². The molecule has 0 atom stereocenters. The van der Waals surface area contributed by atoms with Crippen LogP contribution in [-0.4, -0.2) is 46.5 Å². The Hall–Kier alpha value is 0.830. The van der Waals surface area contributed by atoms with E-state index in [0.29, 0.717) is 0 Å². The van der Waals surface area contributed by atoms with Crippen LogP contribution in [0.15, 0.2) is 0 Å². The van der Waals surface area contributed by atoms with Crippen molar-refractivity contribution in [1.82, 2.24) is 4.90 Å². The molecule has 0 unspecified atom stereocenters. The van der Waals surface area contributed by atoms with Crippen molar-refractivity contribution in [3.8, 4) is 0 Å². The van der Waals surface area contributed by atoms with E-state index in [2.05, 4.69) is 32.7 Å². The third-order valence-electron chi connectivity index (χ3n) is 3.09. The second kappa shape index (κ2) is 10.4. The zero-order valence-electron chi connectivity index (χ0n) is 10.7. The Labute approximate surface area is 98.8 Å². The third kappa shape index (κ3) is 8.16. The van der Waals surface area contributed by atoms with Gasteiger partial charge in [0.05, 0.1) is 0 Å². The van der Waals surface area contributed by atoms with Crippen molar-refractivity contribution in [2.75, 3.05) is 20.1 Å². The van der Waals surface area contributed by atoms with Crippen LogP contribution in [0.5, 0.6) is 0 Å². The summed E-state index contributed by atoms with van der Waals surface area (Å²) in [6.07, 6.45) is 4.37. The molecule has 0 saturated heterocycles. The Bertz CT molecular complexity index is 111. The van der Waals surface area contributed by atoms with Crippen LogP contribution in [-0.2, 0) is 0 Å². The summed E-state index contributed by atoms with van der Waals surface area (Å²) in [6, 6.07) is 0. The van der Waals surface area contributed by atoms with E-state index in [0.717, 1.165) is 0 Å². The van der Waals surface area contributed by atoms with Gasteiger partial charge in [-0.1, -0.05) is 0 Å². The van der Waals surface area contributed by atoms with Gasteiger partial charge < -0.3 is 0 Å². The predicted molar refractivity (Wildman–Crippen MR) is 68.5 cm³/mol. The molecule has 0 spiro atoms. The van der Waals surface area contributed by atoms with E-state index in [4.69, 9.17) is 0 Å². The monoisotopic (exact) mass is 301 g/mol. The topological polar surface area (TPSA) is 3.24 Å². The van der Waals surface area contributed by atoms with E-state index in [1.165, 1.54) is 32.4 Å². The summed E-state index contributed by atoms with van der Waals surface area (Å²) >= 11 is -1.01. The minimum absolute atomic E-state index is 1.01. The molecule has 0 heterocycles. The molecular formula is C12H28InN. The summed E-state index contributed by atoms with van der Waals surface area (Å²) in [7, 11) is 2.24. The van der Waals surface area contributed by atoms with Crippen LogP contribution >= 0.6 is 0 Å². The molecule has 2 heteroatoms. The Morgan fingerprint density at radius 2 is 1.50 bits per heavy atom. The third-order valence-corrected chi connectivity index (χ3v) is 14.5. The van der Waals surface area contributed by atoms with Crippen LogP contribution < -0.4 is 0 Å². The van der Waals surface area contributed by atoms with Crippen molar-refractivity contribution in [1.29, 1.82) is 0 Å². The van der Waals surface area contributed by atoms with Gasteiger partial charge in [0.1, 0.15) is 0 Å². The van der Waals surface area contributed by atoms with Gasteiger partial charge in [-0.05, 0) is 0 Å². The van der Waals surface area contributed by atoms with Gasteiger partial charge in [0.25, 0.3) is 0 Å². The van der Waals surface area contributed by atoms with Crippen LogP contribution in [0.4, 0.5) is 0 Å². The molecule has 0 saturated carbocycles. The van der Waals surface area contributed by atoms with Gasteiger partial charge in [0.15, 0.2) is 0 Å². The minimum atomic E-state index is -1.01. The van der Waals surface area contributed by atoms with E-state index in [1.807, 2.05) is 0 Å². The standard InChI is InChI=1S/C6H14N.2C3H7.In/c1-4-6-7(3)5-2;2*1-3-2;/h1,4-6H2,2-3H3;2*1,3H2,2H3;. The Morgan fingerprint density at radius 1 is 0.929 bits per heavy atom. The maximum atomic E-state index is 2.45. The second-order valence-electron chi connectivity index (χ2n) is 4.48. The molecule has 0 aliphatic carbocycles. The fraction of sp³-hybridized carbons (Fsp3) is 1.00. The number of rotatable bonds is 9. The van der Waals surface area contributed by atoms with Gasteiger partial charge in [-0.2, -0.15) is 0 Å². The molecule has 0 amide bonds. The van der Waals surface area contributed by atoms with Gasteiger partial charge in [-0.15, -0.1) is 0 Å². The van der Waals surface area contributed by atoms with Crippen molar-refractivity contribution < 1.29 is 0 Å². The van der Waals surface area contributed by atoms with E-state index >= 15 is 0 Å². The molecular weight excluding hydrogens is 273 g/mol. The average molecular weight is 301 g/mol. The van der Waals surface area contributed by atoms with Gasteiger partial charge in [0, 0.05) is 0 Å². The Balaban J connectivity index is 3.49. The predicted octanol–water partition coefficient (Wildman–Crippen LogP) is 3.64. The molecule has 0 radical (unpaired) electrons. The molecule has 0 fully saturated rings. The van der Waals surface area contributed by atoms with E-state index in [9.17, 15) is 0 Å². The van der Waals surface area contributed by atoms with Crippen molar-refractivity contribution in [2.24, 2.45) is 0 Å². The summed E-state index contributed by atoms with van der Waals surface area (Å²) in [5.74, 6) is 0. The summed E-state index contributed by atoms with van der Waals surface area (Å²) in [6.45, 7) is 9.51. The van der Waals surface area contributed by atoms with Gasteiger partial charge >= 0.3 is 99.0 Å². The normalized spacial score (nSPS) is 10.9. The van der Waals surface area contributed by atoms with E-state index in [1.54, 1.807) is 12.5 Å². The summed E-state index contributed by atoms with van der Waals surface area (Å²) in [5.41, 5.74) is 0. The van der Waals surface area contributed by atoms with Crippen molar-refractivity contribution in [2.45, 2.75) is 52.6 Å². The van der Waals surface area contributed by atoms with Gasteiger partial charge in [0.2, 0.25) is 0 Å². The molecule has 84 valence electrons. The van der Waals surface area contributed by atoms with Crippen molar-refractivity contribution in [3.63, 3.8) is 0 Å². The Kier molecular flexibility index (Phi) is 11.0. The van der Waals surface area contributed by atoms with Gasteiger partial charge in [-0.3, -0.25) is 0 Å². The Morgan fingerprint density at radius 3 is 1.93 bits per heavy atom. The van der Waals surface area contributed by atoms with Crippen LogP contribution in [0, 0.1) is 0 Å². The first kappa shape index (κ1) is 14.8. The molecule has 0 bridgehead atoms. The van der Waals surface area contributed by atoms with Crippen LogP contribution in [0.25, 0.3) is 0 Å². The first-order valence-electron chi connectivity index (χ1n) is 6.43. The van der Waals surface area contributed by atoms with Crippen molar-refractivity contribution in [3.05, 3.63) is 0 Å². The first-order valence-corrected chi connectivity index (χ1v) is 13.4. The summed E-state index contributed by atoms with van der Waals surface area (Å²) < 4.78 is 4.93. The van der Waals surface area contributed by atoms with Crippen LogP contribution in [0.2, 0.25) is 12.5 Å². The molecule has 0 aromatic carbocycles. The zero-order chi connectivity index (χ0) is 10.8. The van der Waals surface area contributed by atoms with Crippen LogP contribution in [0.1, 0.15) is 40.0 Å². The summed E-state index contributed by atoms with van der Waals surface area (Å²) in [4.78, 5) is 2.45. The molecule has 0 aliphatic rings. The molecule has 0 aromatic heterocycles. The molecule has 0 aromatic rings. The van der Waals surface area contributed by atoms with Crippen LogP contribution in [0.3, 0.4) is 0 Å². The second-order valence-corrected chi connectivity index (χ2v) is 14.4. The molecule has 0 rings (SSSR count). The molecule has 0 N–H and O–H groups in total. The molecule has 1 nitrogen and oxygen atoms in total. The molecule has 14 heavy (non-hydrogen) atoms. The summed E-state index contributed by atoms with van der Waals surface area (Å²) in [5, 5.41) is 0. The SMILES string of the molecule is CC[CH2][In]([CH2]CC)[CH2]CCN(C)CC. The number of hydrogen-bond donors (Lipinski definition) is 0. The maximum absolute atomic E-state index is 2.45. The fourth-order valence-electron chi connectivity index (χ4n) is 2.06. The fourth-order valence-corrected chi connectivity index (χ4v) is 11.4. The quantitative estimate of drug-likeness (QED) is 0.628. The van der Waals surface area contributed by atoms with E-state index in [-0.39, 0.29) is 0 Å². The first-order chi connectivity index (χ1) is 6.74. The molecule has 0 aliphatic heterocycles. The average Bonchev–Trinajstić information content (AvgIpc) is 2.18. The van der Waals surface area contributed by atoms with Crippen molar-refractivity contribution >= 4 is 21.4 Å². The number of nitrogens with zero attached hydrogens (tertiary/aromatic N) is 1. The zero-order valence-corrected chi connectivity index (χ0v) is 14.0. The van der Waals surface area contributed by atoms with E-state index < -0.39 is 21.4 Å². The number of hydrogen-bond acceptors (Lipinski definition) is 1.